The Hall–Kier alpha value is -3.40. The number of hydrogen-bond acceptors (Lipinski definition) is 4. The summed E-state index contributed by atoms with van der Waals surface area (Å²) >= 11 is 0. The zero-order valence-corrected chi connectivity index (χ0v) is 15.5. The third-order valence-electron chi connectivity index (χ3n) is 4.43. The summed E-state index contributed by atoms with van der Waals surface area (Å²) in [4.78, 5) is 11.5. The first-order chi connectivity index (χ1) is 13.2. The van der Waals surface area contributed by atoms with E-state index < -0.39 is 0 Å². The molecule has 0 unspecified atom stereocenters. The zero-order valence-electron chi connectivity index (χ0n) is 15.5. The molecule has 134 valence electrons. The fraction of sp³-hybridized carbons (Fsp3) is 0.130. The minimum Gasteiger partial charge on any atom is -0.472 e. The lowest BCUT2D eigenvalue weighted by atomic mass is 10.2. The molecule has 4 nitrogen and oxygen atoms in total. The SMILES string of the molecule is CN(C)c1ccc(COc2nc(-c3ccccc3)nc3ccccc23)cc1. The van der Waals surface area contributed by atoms with Gasteiger partial charge in [-0.25, -0.2) is 4.98 Å². The van der Waals surface area contributed by atoms with Gasteiger partial charge in [-0.3, -0.25) is 0 Å². The van der Waals surface area contributed by atoms with Crippen molar-refractivity contribution in [1.29, 1.82) is 0 Å². The molecule has 0 spiro atoms. The molecule has 4 rings (SSSR count). The first-order valence-corrected chi connectivity index (χ1v) is 8.92. The molecule has 0 atom stereocenters. The van der Waals surface area contributed by atoms with Crippen LogP contribution in [0.3, 0.4) is 0 Å². The molecule has 0 N–H and O–H groups in total. The van der Waals surface area contributed by atoms with E-state index in [0.717, 1.165) is 27.7 Å². The van der Waals surface area contributed by atoms with E-state index in [4.69, 9.17) is 14.7 Å². The van der Waals surface area contributed by atoms with E-state index in [1.165, 1.54) is 0 Å². The van der Waals surface area contributed by atoms with E-state index in [1.807, 2.05) is 68.7 Å². The molecule has 27 heavy (non-hydrogen) atoms. The smallest absolute Gasteiger partial charge is 0.225 e. The monoisotopic (exact) mass is 355 g/mol. The Balaban J connectivity index is 1.66. The molecule has 0 amide bonds. The van der Waals surface area contributed by atoms with Gasteiger partial charge in [0.2, 0.25) is 5.88 Å². The molecule has 0 saturated heterocycles. The van der Waals surface area contributed by atoms with Crippen LogP contribution >= 0.6 is 0 Å². The molecule has 0 fully saturated rings. The lowest BCUT2D eigenvalue weighted by Gasteiger charge is -2.13. The van der Waals surface area contributed by atoms with Crippen LogP contribution in [0.4, 0.5) is 5.69 Å². The lowest BCUT2D eigenvalue weighted by molar-refractivity contribution is 0.298. The number of nitrogens with zero attached hydrogens (tertiary/aromatic N) is 3. The van der Waals surface area contributed by atoms with Gasteiger partial charge in [0.25, 0.3) is 0 Å². The summed E-state index contributed by atoms with van der Waals surface area (Å²) in [5.41, 5.74) is 4.12. The predicted molar refractivity (Wildman–Crippen MR) is 110 cm³/mol. The van der Waals surface area contributed by atoms with Crippen molar-refractivity contribution < 1.29 is 4.74 Å². The predicted octanol–water partition coefficient (Wildman–Crippen LogP) is 4.94. The summed E-state index contributed by atoms with van der Waals surface area (Å²) in [5, 5.41) is 0.919. The number of ether oxygens (including phenoxy) is 1. The Labute approximate surface area is 159 Å². The Bertz CT molecular complexity index is 1040. The van der Waals surface area contributed by atoms with Crippen LogP contribution in [0.1, 0.15) is 5.56 Å². The zero-order chi connectivity index (χ0) is 18.6. The summed E-state index contributed by atoms with van der Waals surface area (Å²) in [6.07, 6.45) is 0. The maximum atomic E-state index is 6.10. The molecular formula is C23H21N3O. The Kier molecular flexibility index (Phi) is 4.71. The van der Waals surface area contributed by atoms with E-state index >= 15 is 0 Å². The molecule has 0 radical (unpaired) electrons. The Morgan fingerprint density at radius 2 is 1.48 bits per heavy atom. The number of fused-ring (bicyclic) bond motifs is 1. The summed E-state index contributed by atoms with van der Waals surface area (Å²) in [5.74, 6) is 1.28. The number of aromatic nitrogens is 2. The van der Waals surface area contributed by atoms with Crippen molar-refractivity contribution >= 4 is 16.6 Å². The third kappa shape index (κ3) is 3.75. The summed E-state index contributed by atoms with van der Waals surface area (Å²) < 4.78 is 6.10. The second kappa shape index (κ2) is 7.46. The molecule has 1 heterocycles. The minimum atomic E-state index is 0.461. The largest absolute Gasteiger partial charge is 0.472 e. The second-order valence-electron chi connectivity index (χ2n) is 6.59. The van der Waals surface area contributed by atoms with Crippen LogP contribution in [-0.2, 0) is 6.61 Å². The number of hydrogen-bond donors (Lipinski definition) is 0. The number of anilines is 1. The molecule has 4 aromatic rings. The summed E-state index contributed by atoms with van der Waals surface area (Å²) in [7, 11) is 4.06. The van der Waals surface area contributed by atoms with Gasteiger partial charge in [-0.2, -0.15) is 4.98 Å². The highest BCUT2D eigenvalue weighted by molar-refractivity contribution is 5.85. The molecule has 0 aliphatic heterocycles. The standard InChI is InChI=1S/C23H21N3O/c1-26(2)19-14-12-17(13-15-19)16-27-23-20-10-6-7-11-21(20)24-22(25-23)18-8-4-3-5-9-18/h3-15H,16H2,1-2H3. The van der Waals surface area contributed by atoms with Crippen molar-refractivity contribution in [2.75, 3.05) is 19.0 Å². The Morgan fingerprint density at radius 3 is 2.22 bits per heavy atom. The molecule has 0 aliphatic carbocycles. The molecule has 0 bridgehead atoms. The van der Waals surface area contributed by atoms with Crippen molar-refractivity contribution in [3.05, 3.63) is 84.4 Å². The minimum absolute atomic E-state index is 0.461. The van der Waals surface area contributed by atoms with Crippen molar-refractivity contribution in [2.24, 2.45) is 0 Å². The molecule has 3 aromatic carbocycles. The second-order valence-corrected chi connectivity index (χ2v) is 6.59. The van der Waals surface area contributed by atoms with Crippen LogP contribution in [0.15, 0.2) is 78.9 Å². The topological polar surface area (TPSA) is 38.2 Å². The fourth-order valence-electron chi connectivity index (χ4n) is 2.92. The van der Waals surface area contributed by atoms with Gasteiger partial charge < -0.3 is 9.64 Å². The quantitative estimate of drug-likeness (QED) is 0.508. The molecule has 1 aromatic heterocycles. The Morgan fingerprint density at radius 1 is 0.778 bits per heavy atom. The van der Waals surface area contributed by atoms with Crippen LogP contribution in [-0.4, -0.2) is 24.1 Å². The number of rotatable bonds is 5. The van der Waals surface area contributed by atoms with Gasteiger partial charge >= 0.3 is 0 Å². The van der Waals surface area contributed by atoms with E-state index in [0.29, 0.717) is 18.3 Å². The average Bonchev–Trinajstić information content (AvgIpc) is 2.72. The summed E-state index contributed by atoms with van der Waals surface area (Å²) in [6.45, 7) is 0.461. The van der Waals surface area contributed by atoms with Crippen molar-refractivity contribution in [3.63, 3.8) is 0 Å². The van der Waals surface area contributed by atoms with Crippen LogP contribution in [0.25, 0.3) is 22.3 Å². The van der Waals surface area contributed by atoms with E-state index in [-0.39, 0.29) is 0 Å². The van der Waals surface area contributed by atoms with E-state index in [2.05, 4.69) is 29.2 Å². The highest BCUT2D eigenvalue weighted by Gasteiger charge is 2.10. The first kappa shape index (κ1) is 17.0. The first-order valence-electron chi connectivity index (χ1n) is 8.92. The lowest BCUT2D eigenvalue weighted by Crippen LogP contribution is -2.08. The normalized spacial score (nSPS) is 10.7. The number of para-hydroxylation sites is 1. The van der Waals surface area contributed by atoms with Gasteiger partial charge in [0.1, 0.15) is 6.61 Å². The molecular weight excluding hydrogens is 334 g/mol. The number of benzene rings is 3. The van der Waals surface area contributed by atoms with Gasteiger partial charge in [-0.1, -0.05) is 54.6 Å². The van der Waals surface area contributed by atoms with Gasteiger partial charge in [0.15, 0.2) is 5.82 Å². The highest BCUT2D eigenvalue weighted by Crippen LogP contribution is 2.27. The third-order valence-corrected chi connectivity index (χ3v) is 4.43. The van der Waals surface area contributed by atoms with Gasteiger partial charge in [0, 0.05) is 25.3 Å². The maximum Gasteiger partial charge on any atom is 0.225 e. The average molecular weight is 355 g/mol. The molecule has 4 heteroatoms. The van der Waals surface area contributed by atoms with Gasteiger partial charge in [-0.05, 0) is 29.8 Å². The molecule has 0 saturated carbocycles. The fourth-order valence-corrected chi connectivity index (χ4v) is 2.92. The van der Waals surface area contributed by atoms with Crippen molar-refractivity contribution in [3.8, 4) is 17.3 Å². The van der Waals surface area contributed by atoms with Crippen LogP contribution in [0.5, 0.6) is 5.88 Å². The van der Waals surface area contributed by atoms with Gasteiger partial charge in [0.05, 0.1) is 10.9 Å². The highest BCUT2D eigenvalue weighted by atomic mass is 16.5. The van der Waals surface area contributed by atoms with Crippen LogP contribution in [0.2, 0.25) is 0 Å². The van der Waals surface area contributed by atoms with E-state index in [1.54, 1.807) is 0 Å². The van der Waals surface area contributed by atoms with Crippen LogP contribution < -0.4 is 9.64 Å². The molecule has 0 aliphatic rings. The van der Waals surface area contributed by atoms with E-state index in [9.17, 15) is 0 Å². The van der Waals surface area contributed by atoms with Crippen molar-refractivity contribution in [1.82, 2.24) is 9.97 Å². The maximum absolute atomic E-state index is 6.10. The van der Waals surface area contributed by atoms with Crippen LogP contribution in [0, 0.1) is 0 Å². The van der Waals surface area contributed by atoms with Crippen molar-refractivity contribution in [2.45, 2.75) is 6.61 Å². The summed E-state index contributed by atoms with van der Waals surface area (Å²) in [6, 6.07) is 26.3. The van der Waals surface area contributed by atoms with Gasteiger partial charge in [-0.15, -0.1) is 0 Å².